The summed E-state index contributed by atoms with van der Waals surface area (Å²) in [6.45, 7) is 4.83. The zero-order valence-electron chi connectivity index (χ0n) is 10.7. The van der Waals surface area contributed by atoms with Crippen molar-refractivity contribution in [1.82, 2.24) is 10.1 Å². The fourth-order valence-electron chi connectivity index (χ4n) is 1.55. The minimum atomic E-state index is 0.281. The topological polar surface area (TPSA) is 42.2 Å². The highest BCUT2D eigenvalue weighted by molar-refractivity contribution is 9.10. The Kier molecular flexibility index (Phi) is 4.01. The Morgan fingerprint density at radius 2 is 1.94 bits per heavy atom. The molecule has 0 fully saturated rings. The van der Waals surface area contributed by atoms with Crippen LogP contribution in [0, 0.1) is 0 Å². The highest BCUT2D eigenvalue weighted by atomic mass is 79.9. The smallest absolute Gasteiger partial charge is 0.323 e. The van der Waals surface area contributed by atoms with Gasteiger partial charge in [0.2, 0.25) is 0 Å². The zero-order valence-corrected chi connectivity index (χ0v) is 12.3. The molecule has 0 amide bonds. The van der Waals surface area contributed by atoms with Gasteiger partial charge in [0.05, 0.1) is 0 Å². The Hall–Kier alpha value is -1.36. The lowest BCUT2D eigenvalue weighted by molar-refractivity contribution is 0.407. The molecule has 0 unspecified atom stereocenters. The van der Waals surface area contributed by atoms with Crippen LogP contribution in [0.25, 0.3) is 0 Å². The van der Waals surface area contributed by atoms with Crippen LogP contribution in [-0.2, 0) is 6.54 Å². The highest BCUT2D eigenvalue weighted by Crippen LogP contribution is 2.18. The van der Waals surface area contributed by atoms with E-state index >= 15 is 0 Å². The van der Waals surface area contributed by atoms with Crippen molar-refractivity contribution in [2.45, 2.75) is 26.3 Å². The number of benzene rings is 1. The van der Waals surface area contributed by atoms with E-state index in [4.69, 9.17) is 4.52 Å². The van der Waals surface area contributed by atoms with Crippen molar-refractivity contribution in [2.75, 3.05) is 11.9 Å². The molecule has 5 heteroatoms. The maximum atomic E-state index is 5.24. The molecule has 0 radical (unpaired) electrons. The number of hydrogen-bond donors (Lipinski definition) is 0. The van der Waals surface area contributed by atoms with E-state index in [1.54, 1.807) is 0 Å². The molecule has 1 heterocycles. The quantitative estimate of drug-likeness (QED) is 0.865. The number of hydrogen-bond acceptors (Lipinski definition) is 4. The third kappa shape index (κ3) is 3.10. The van der Waals surface area contributed by atoms with Crippen LogP contribution in [0.3, 0.4) is 0 Å². The molecule has 2 rings (SSSR count). The second-order valence-electron chi connectivity index (χ2n) is 4.57. The van der Waals surface area contributed by atoms with Crippen molar-refractivity contribution in [1.29, 1.82) is 0 Å². The van der Waals surface area contributed by atoms with Crippen LogP contribution < -0.4 is 4.90 Å². The average Bonchev–Trinajstić information content (AvgIpc) is 2.81. The second kappa shape index (κ2) is 5.52. The summed E-state index contributed by atoms with van der Waals surface area (Å²) in [4.78, 5) is 6.31. The van der Waals surface area contributed by atoms with Crippen LogP contribution in [0.4, 0.5) is 6.01 Å². The molecule has 1 aromatic heterocycles. The van der Waals surface area contributed by atoms with E-state index in [-0.39, 0.29) is 5.92 Å². The summed E-state index contributed by atoms with van der Waals surface area (Å²) in [5, 5.41) is 3.96. The first-order valence-corrected chi connectivity index (χ1v) is 6.64. The van der Waals surface area contributed by atoms with Crippen LogP contribution in [0.1, 0.15) is 31.2 Å². The Balaban J connectivity index is 2.06. The van der Waals surface area contributed by atoms with Gasteiger partial charge >= 0.3 is 6.01 Å². The molecule has 0 saturated heterocycles. The van der Waals surface area contributed by atoms with Crippen molar-refractivity contribution in [2.24, 2.45) is 0 Å². The SMILES string of the molecule is CC(C)c1noc(N(C)Cc2ccc(Br)cc2)n1. The molecule has 96 valence electrons. The van der Waals surface area contributed by atoms with Crippen LogP contribution in [-0.4, -0.2) is 17.2 Å². The monoisotopic (exact) mass is 309 g/mol. The van der Waals surface area contributed by atoms with Crippen molar-refractivity contribution in [3.8, 4) is 0 Å². The van der Waals surface area contributed by atoms with Gasteiger partial charge in [0.25, 0.3) is 0 Å². The predicted octanol–water partition coefficient (Wildman–Crippen LogP) is 3.59. The van der Waals surface area contributed by atoms with Gasteiger partial charge in [0, 0.05) is 24.0 Å². The number of aromatic nitrogens is 2. The molecular formula is C13H16BrN3O. The van der Waals surface area contributed by atoms with Gasteiger partial charge in [0.1, 0.15) is 0 Å². The summed E-state index contributed by atoms with van der Waals surface area (Å²) >= 11 is 3.42. The van der Waals surface area contributed by atoms with Gasteiger partial charge < -0.3 is 9.42 Å². The summed E-state index contributed by atoms with van der Waals surface area (Å²) in [5.41, 5.74) is 1.20. The van der Waals surface area contributed by atoms with Gasteiger partial charge in [-0.25, -0.2) is 0 Å². The van der Waals surface area contributed by atoms with E-state index in [0.29, 0.717) is 6.01 Å². The lowest BCUT2D eigenvalue weighted by Gasteiger charge is -2.13. The van der Waals surface area contributed by atoms with Gasteiger partial charge in [-0.1, -0.05) is 47.1 Å². The van der Waals surface area contributed by atoms with Gasteiger partial charge in [-0.05, 0) is 17.7 Å². The van der Waals surface area contributed by atoms with Gasteiger partial charge in [-0.2, -0.15) is 4.98 Å². The number of anilines is 1. The Morgan fingerprint density at radius 3 is 2.50 bits per heavy atom. The standard InChI is InChI=1S/C13H16BrN3O/c1-9(2)12-15-13(18-16-12)17(3)8-10-4-6-11(14)7-5-10/h4-7,9H,8H2,1-3H3. The Labute approximate surface area is 115 Å². The molecule has 0 aliphatic carbocycles. The molecule has 18 heavy (non-hydrogen) atoms. The first-order valence-electron chi connectivity index (χ1n) is 5.85. The van der Waals surface area contributed by atoms with Gasteiger partial charge in [0.15, 0.2) is 5.82 Å². The van der Waals surface area contributed by atoms with E-state index < -0.39 is 0 Å². The minimum Gasteiger partial charge on any atom is -0.323 e. The lowest BCUT2D eigenvalue weighted by Crippen LogP contribution is -2.16. The largest absolute Gasteiger partial charge is 0.324 e. The van der Waals surface area contributed by atoms with Crippen molar-refractivity contribution in [3.05, 3.63) is 40.1 Å². The fourth-order valence-corrected chi connectivity index (χ4v) is 1.81. The third-order valence-corrected chi connectivity index (χ3v) is 3.14. The molecular weight excluding hydrogens is 294 g/mol. The van der Waals surface area contributed by atoms with Gasteiger partial charge in [-0.3, -0.25) is 0 Å². The Bertz CT molecular complexity index is 507. The van der Waals surface area contributed by atoms with Crippen molar-refractivity contribution < 1.29 is 4.52 Å². The number of rotatable bonds is 4. The first kappa shape index (κ1) is 13.1. The fraction of sp³-hybridized carbons (Fsp3) is 0.385. The van der Waals surface area contributed by atoms with E-state index in [1.165, 1.54) is 5.56 Å². The molecule has 1 aromatic carbocycles. The van der Waals surface area contributed by atoms with Crippen molar-refractivity contribution >= 4 is 21.9 Å². The summed E-state index contributed by atoms with van der Waals surface area (Å²) in [6, 6.07) is 8.75. The maximum absolute atomic E-state index is 5.24. The third-order valence-electron chi connectivity index (χ3n) is 2.61. The molecule has 2 aromatic rings. The number of nitrogens with zero attached hydrogens (tertiary/aromatic N) is 3. The van der Waals surface area contributed by atoms with Crippen molar-refractivity contribution in [3.63, 3.8) is 0 Å². The predicted molar refractivity (Wildman–Crippen MR) is 74.6 cm³/mol. The number of halogens is 1. The van der Waals surface area contributed by atoms with Crippen LogP contribution >= 0.6 is 15.9 Å². The molecule has 0 N–H and O–H groups in total. The summed E-state index contributed by atoms with van der Waals surface area (Å²) in [5.74, 6) is 1.02. The average molecular weight is 310 g/mol. The minimum absolute atomic E-state index is 0.281. The second-order valence-corrected chi connectivity index (χ2v) is 5.49. The first-order chi connectivity index (χ1) is 8.56. The van der Waals surface area contributed by atoms with E-state index in [0.717, 1.165) is 16.8 Å². The Morgan fingerprint density at radius 1 is 1.28 bits per heavy atom. The molecule has 0 saturated carbocycles. The molecule has 0 spiro atoms. The molecule has 0 aliphatic rings. The molecule has 0 aliphatic heterocycles. The highest BCUT2D eigenvalue weighted by Gasteiger charge is 2.13. The molecule has 0 atom stereocenters. The van der Waals surface area contributed by atoms with Crippen LogP contribution in [0.2, 0.25) is 0 Å². The van der Waals surface area contributed by atoms with Crippen LogP contribution in [0.5, 0.6) is 0 Å². The normalized spacial score (nSPS) is 10.9. The molecule has 0 bridgehead atoms. The maximum Gasteiger partial charge on any atom is 0.324 e. The summed E-state index contributed by atoms with van der Waals surface area (Å²) in [7, 11) is 1.94. The zero-order chi connectivity index (χ0) is 13.1. The lowest BCUT2D eigenvalue weighted by atomic mass is 10.2. The summed E-state index contributed by atoms with van der Waals surface area (Å²) in [6.07, 6.45) is 0. The van der Waals surface area contributed by atoms with Crippen LogP contribution in [0.15, 0.2) is 33.3 Å². The molecule has 4 nitrogen and oxygen atoms in total. The van der Waals surface area contributed by atoms with E-state index in [1.807, 2.05) is 37.9 Å². The van der Waals surface area contributed by atoms with E-state index in [9.17, 15) is 0 Å². The van der Waals surface area contributed by atoms with E-state index in [2.05, 4.69) is 38.2 Å². The van der Waals surface area contributed by atoms with Gasteiger partial charge in [-0.15, -0.1) is 0 Å². The summed E-state index contributed by atoms with van der Waals surface area (Å²) < 4.78 is 6.32.